The van der Waals surface area contributed by atoms with E-state index in [1.54, 1.807) is 38.3 Å². The molecule has 0 radical (unpaired) electrons. The quantitative estimate of drug-likeness (QED) is 0.557. The minimum absolute atomic E-state index is 0.152. The monoisotopic (exact) mass is 451 g/mol. The van der Waals surface area contributed by atoms with Crippen molar-refractivity contribution in [3.63, 3.8) is 0 Å². The van der Waals surface area contributed by atoms with Crippen molar-refractivity contribution in [3.8, 4) is 11.5 Å². The summed E-state index contributed by atoms with van der Waals surface area (Å²) in [6.07, 6.45) is -0.659. The number of methoxy groups -OCH3 is 1. The van der Waals surface area contributed by atoms with Crippen LogP contribution in [0, 0.1) is 0 Å². The molecule has 0 aliphatic carbocycles. The van der Waals surface area contributed by atoms with Crippen molar-refractivity contribution >= 4 is 21.9 Å². The molecule has 2 rings (SSSR count). The maximum atomic E-state index is 11.6. The number of rotatable bonds is 10. The molecule has 1 atom stereocenters. The summed E-state index contributed by atoms with van der Waals surface area (Å²) in [6.45, 7) is 3.33. The second-order valence-electron chi connectivity index (χ2n) is 6.36. The van der Waals surface area contributed by atoms with Gasteiger partial charge in [-0.25, -0.2) is 4.79 Å². The molecule has 0 aromatic heterocycles. The topological polar surface area (TPSA) is 68.2 Å². The van der Waals surface area contributed by atoms with Gasteiger partial charge in [0.1, 0.15) is 24.2 Å². The van der Waals surface area contributed by atoms with Crippen LogP contribution in [0.1, 0.15) is 22.8 Å². The number of hydrogen-bond acceptors (Lipinski definition) is 6. The number of benzene rings is 2. The summed E-state index contributed by atoms with van der Waals surface area (Å²) in [7, 11) is 3.57. The molecule has 0 spiro atoms. The molecule has 0 aliphatic heterocycles. The minimum Gasteiger partial charge on any atom is -0.496 e. The van der Waals surface area contributed by atoms with Gasteiger partial charge in [0.05, 0.1) is 19.3 Å². The molecular formula is C21H26BrNO5. The van der Waals surface area contributed by atoms with E-state index in [-0.39, 0.29) is 12.6 Å². The van der Waals surface area contributed by atoms with Gasteiger partial charge in [0.15, 0.2) is 0 Å². The van der Waals surface area contributed by atoms with Gasteiger partial charge in [-0.1, -0.05) is 15.9 Å². The number of halogens is 1. The van der Waals surface area contributed by atoms with Crippen LogP contribution >= 0.6 is 15.9 Å². The number of aliphatic hydroxyl groups excluding tert-OH is 1. The van der Waals surface area contributed by atoms with E-state index >= 15 is 0 Å². The van der Waals surface area contributed by atoms with E-state index in [1.165, 1.54) is 0 Å². The van der Waals surface area contributed by atoms with Crippen molar-refractivity contribution in [2.75, 3.05) is 33.9 Å². The highest BCUT2D eigenvalue weighted by atomic mass is 79.9. The fourth-order valence-corrected chi connectivity index (χ4v) is 3.14. The zero-order chi connectivity index (χ0) is 20.5. The molecule has 2 aromatic carbocycles. The number of ether oxygens (including phenoxy) is 3. The van der Waals surface area contributed by atoms with Gasteiger partial charge in [0, 0.05) is 23.1 Å². The maximum absolute atomic E-state index is 11.6. The molecule has 0 bridgehead atoms. The second-order valence-corrected chi connectivity index (χ2v) is 7.28. The summed E-state index contributed by atoms with van der Waals surface area (Å²) in [4.78, 5) is 13.6. The molecule has 0 saturated heterocycles. The molecule has 152 valence electrons. The van der Waals surface area contributed by atoms with Gasteiger partial charge in [-0.15, -0.1) is 0 Å². The third-order valence-electron chi connectivity index (χ3n) is 4.01. The lowest BCUT2D eigenvalue weighted by Gasteiger charge is -2.22. The summed E-state index contributed by atoms with van der Waals surface area (Å²) < 4.78 is 16.9. The van der Waals surface area contributed by atoms with Crippen molar-refractivity contribution in [3.05, 3.63) is 58.1 Å². The highest BCUT2D eigenvalue weighted by Gasteiger charge is 2.13. The van der Waals surface area contributed by atoms with Crippen molar-refractivity contribution in [1.82, 2.24) is 4.90 Å². The molecule has 0 amide bonds. The Labute approximate surface area is 174 Å². The van der Waals surface area contributed by atoms with E-state index in [0.717, 1.165) is 15.8 Å². The van der Waals surface area contributed by atoms with E-state index in [0.29, 0.717) is 31.0 Å². The molecule has 1 N–H and O–H groups in total. The van der Waals surface area contributed by atoms with Crippen LogP contribution in [0.2, 0.25) is 0 Å². The second kappa shape index (κ2) is 11.0. The normalized spacial score (nSPS) is 11.9. The lowest BCUT2D eigenvalue weighted by molar-refractivity contribution is 0.0525. The average molecular weight is 452 g/mol. The van der Waals surface area contributed by atoms with Crippen molar-refractivity contribution in [2.24, 2.45) is 0 Å². The Hall–Kier alpha value is -2.09. The predicted molar refractivity (Wildman–Crippen MR) is 111 cm³/mol. The lowest BCUT2D eigenvalue weighted by Crippen LogP contribution is -2.32. The third kappa shape index (κ3) is 6.82. The minimum atomic E-state index is -0.659. The van der Waals surface area contributed by atoms with Gasteiger partial charge < -0.3 is 19.3 Å². The van der Waals surface area contributed by atoms with Crippen LogP contribution in [0.3, 0.4) is 0 Å². The standard InChI is InChI=1S/C21H26BrNO5/c1-4-27-21(25)15-5-8-19(9-6-15)28-14-18(24)13-23(2)12-16-11-17(22)7-10-20(16)26-3/h5-11,18,24H,4,12-14H2,1-3H3. The summed E-state index contributed by atoms with van der Waals surface area (Å²) in [5, 5.41) is 10.3. The number of nitrogens with zero attached hydrogens (tertiary/aromatic N) is 1. The van der Waals surface area contributed by atoms with Crippen molar-refractivity contribution in [2.45, 2.75) is 19.6 Å². The Kier molecular flexibility index (Phi) is 8.76. The molecule has 28 heavy (non-hydrogen) atoms. The van der Waals surface area contributed by atoms with Crippen LogP contribution in [0.4, 0.5) is 0 Å². The number of carbonyl (C=O) groups is 1. The van der Waals surface area contributed by atoms with Crippen molar-refractivity contribution in [1.29, 1.82) is 0 Å². The van der Waals surface area contributed by atoms with Gasteiger partial charge in [-0.05, 0) is 56.4 Å². The Morgan fingerprint density at radius 2 is 1.93 bits per heavy atom. The molecule has 0 saturated carbocycles. The number of esters is 1. The zero-order valence-corrected chi connectivity index (χ0v) is 17.9. The van der Waals surface area contributed by atoms with E-state index in [9.17, 15) is 9.90 Å². The van der Waals surface area contributed by atoms with Crippen LogP contribution in [0.15, 0.2) is 46.9 Å². The summed E-state index contributed by atoms with van der Waals surface area (Å²) in [5.74, 6) is 1.03. The van der Waals surface area contributed by atoms with Crippen LogP contribution in [-0.2, 0) is 11.3 Å². The third-order valence-corrected chi connectivity index (χ3v) is 4.51. The molecule has 2 aromatic rings. The van der Waals surface area contributed by atoms with E-state index in [4.69, 9.17) is 14.2 Å². The van der Waals surface area contributed by atoms with Crippen molar-refractivity contribution < 1.29 is 24.1 Å². The molecule has 7 heteroatoms. The van der Waals surface area contributed by atoms with Crippen LogP contribution in [0.5, 0.6) is 11.5 Å². The molecule has 1 unspecified atom stereocenters. The van der Waals surface area contributed by atoms with E-state index in [2.05, 4.69) is 15.9 Å². The first-order chi connectivity index (χ1) is 13.4. The van der Waals surface area contributed by atoms with E-state index < -0.39 is 6.10 Å². The predicted octanol–water partition coefficient (Wildman–Crippen LogP) is 3.51. The highest BCUT2D eigenvalue weighted by Crippen LogP contribution is 2.24. The SMILES string of the molecule is CCOC(=O)c1ccc(OCC(O)CN(C)Cc2cc(Br)ccc2OC)cc1. The summed E-state index contributed by atoms with van der Waals surface area (Å²) in [5.41, 5.74) is 1.50. The van der Waals surface area contributed by atoms with Crippen LogP contribution in [0.25, 0.3) is 0 Å². The fourth-order valence-electron chi connectivity index (χ4n) is 2.73. The molecule has 0 heterocycles. The van der Waals surface area contributed by atoms with E-state index in [1.807, 2.05) is 30.1 Å². The van der Waals surface area contributed by atoms with Crippen LogP contribution in [-0.4, -0.2) is 56.0 Å². The first kappa shape index (κ1) is 22.2. The van der Waals surface area contributed by atoms with Gasteiger partial charge in [0.25, 0.3) is 0 Å². The Morgan fingerprint density at radius 3 is 2.57 bits per heavy atom. The average Bonchev–Trinajstić information content (AvgIpc) is 2.67. The highest BCUT2D eigenvalue weighted by molar-refractivity contribution is 9.10. The van der Waals surface area contributed by atoms with Crippen LogP contribution < -0.4 is 9.47 Å². The summed E-state index contributed by atoms with van der Waals surface area (Å²) >= 11 is 3.47. The number of likely N-dealkylation sites (N-methyl/N-ethyl adjacent to an activating group) is 1. The molecule has 0 fully saturated rings. The first-order valence-electron chi connectivity index (χ1n) is 9.02. The number of hydrogen-bond donors (Lipinski definition) is 1. The number of carbonyl (C=O) groups excluding carboxylic acids is 1. The maximum Gasteiger partial charge on any atom is 0.338 e. The Bertz CT molecular complexity index is 766. The molecule has 0 aliphatic rings. The van der Waals surface area contributed by atoms with Gasteiger partial charge >= 0.3 is 5.97 Å². The van der Waals surface area contributed by atoms with Gasteiger partial charge in [-0.3, -0.25) is 4.90 Å². The number of aliphatic hydroxyl groups is 1. The smallest absolute Gasteiger partial charge is 0.338 e. The Balaban J connectivity index is 1.82. The largest absolute Gasteiger partial charge is 0.496 e. The van der Waals surface area contributed by atoms with Gasteiger partial charge in [-0.2, -0.15) is 0 Å². The molecular weight excluding hydrogens is 426 g/mol. The summed E-state index contributed by atoms with van der Waals surface area (Å²) in [6, 6.07) is 12.5. The Morgan fingerprint density at radius 1 is 1.21 bits per heavy atom. The lowest BCUT2D eigenvalue weighted by atomic mass is 10.2. The van der Waals surface area contributed by atoms with Gasteiger partial charge in [0.2, 0.25) is 0 Å². The first-order valence-corrected chi connectivity index (χ1v) is 9.81. The molecule has 6 nitrogen and oxygen atoms in total. The fraction of sp³-hybridized carbons (Fsp3) is 0.381. The zero-order valence-electron chi connectivity index (χ0n) is 16.4.